The molecule has 0 aromatic heterocycles. The van der Waals surface area contributed by atoms with Crippen LogP contribution in [0.1, 0.15) is 33.1 Å². The van der Waals surface area contributed by atoms with Crippen molar-refractivity contribution in [1.29, 1.82) is 0 Å². The molecule has 6 nitrogen and oxygen atoms in total. The van der Waals surface area contributed by atoms with E-state index >= 15 is 0 Å². The summed E-state index contributed by atoms with van der Waals surface area (Å²) < 4.78 is 0. The van der Waals surface area contributed by atoms with Crippen molar-refractivity contribution in [1.82, 2.24) is 15.5 Å². The molecule has 122 valence electrons. The fourth-order valence-electron chi connectivity index (χ4n) is 2.73. The third-order valence-corrected chi connectivity index (χ3v) is 3.66. The molecule has 1 fully saturated rings. The number of rotatable bonds is 8. The number of carbonyl (C=O) groups excluding carboxylic acids is 1. The van der Waals surface area contributed by atoms with Gasteiger partial charge in [0.1, 0.15) is 0 Å². The summed E-state index contributed by atoms with van der Waals surface area (Å²) in [6.07, 6.45) is 1.99. The molecule has 0 bridgehead atoms. The minimum Gasteiger partial charge on any atom is -0.481 e. The number of hydrogen-bond donors (Lipinski definition) is 3. The second-order valence-corrected chi connectivity index (χ2v) is 6.28. The second-order valence-electron chi connectivity index (χ2n) is 6.28. The van der Waals surface area contributed by atoms with Gasteiger partial charge in [-0.25, -0.2) is 0 Å². The number of carboxylic acid groups (broad SMARTS) is 1. The molecular weight excluding hydrogens is 270 g/mol. The lowest BCUT2D eigenvalue weighted by Crippen LogP contribution is -2.40. The predicted octanol–water partition coefficient (Wildman–Crippen LogP) is 0.535. The standard InChI is InChI=1S/C15H29N3O3/c1-12(2)8-13(9-15(20)21)10-17-14(19)11-18-6-3-4-16-5-7-18/h12-13,16H,3-11H2,1-2H3,(H,17,19)(H,20,21). The van der Waals surface area contributed by atoms with Crippen LogP contribution >= 0.6 is 0 Å². The van der Waals surface area contributed by atoms with Crippen LogP contribution in [0, 0.1) is 11.8 Å². The van der Waals surface area contributed by atoms with Crippen molar-refractivity contribution in [3.05, 3.63) is 0 Å². The summed E-state index contributed by atoms with van der Waals surface area (Å²) in [4.78, 5) is 25.0. The maximum atomic E-state index is 12.0. The zero-order chi connectivity index (χ0) is 15.7. The van der Waals surface area contributed by atoms with E-state index in [1.54, 1.807) is 0 Å². The van der Waals surface area contributed by atoms with Crippen molar-refractivity contribution in [3.8, 4) is 0 Å². The van der Waals surface area contributed by atoms with Gasteiger partial charge in [0.25, 0.3) is 0 Å². The molecule has 6 heteroatoms. The Morgan fingerprint density at radius 3 is 2.71 bits per heavy atom. The van der Waals surface area contributed by atoms with Gasteiger partial charge in [0.2, 0.25) is 5.91 Å². The maximum Gasteiger partial charge on any atom is 0.303 e. The summed E-state index contributed by atoms with van der Waals surface area (Å²) in [6.45, 7) is 8.75. The zero-order valence-electron chi connectivity index (χ0n) is 13.2. The van der Waals surface area contributed by atoms with E-state index in [1.807, 2.05) is 0 Å². The first-order chi connectivity index (χ1) is 9.97. The summed E-state index contributed by atoms with van der Waals surface area (Å²) in [6, 6.07) is 0. The average Bonchev–Trinajstić information content (AvgIpc) is 2.63. The molecule has 1 aliphatic rings. The van der Waals surface area contributed by atoms with E-state index in [9.17, 15) is 9.59 Å². The van der Waals surface area contributed by atoms with Crippen LogP contribution in [0.3, 0.4) is 0 Å². The molecule has 3 N–H and O–H groups in total. The highest BCUT2D eigenvalue weighted by Crippen LogP contribution is 2.14. The summed E-state index contributed by atoms with van der Waals surface area (Å²) in [5, 5.41) is 15.1. The van der Waals surface area contributed by atoms with Crippen molar-refractivity contribution >= 4 is 11.9 Å². The number of carbonyl (C=O) groups is 2. The van der Waals surface area contributed by atoms with Crippen LogP contribution in [0.4, 0.5) is 0 Å². The van der Waals surface area contributed by atoms with Crippen molar-refractivity contribution in [3.63, 3.8) is 0 Å². The number of amides is 1. The van der Waals surface area contributed by atoms with Crippen LogP contribution < -0.4 is 10.6 Å². The van der Waals surface area contributed by atoms with Crippen LogP contribution in [-0.2, 0) is 9.59 Å². The van der Waals surface area contributed by atoms with Crippen LogP contribution in [0.2, 0.25) is 0 Å². The number of carboxylic acids is 1. The van der Waals surface area contributed by atoms with Gasteiger partial charge in [0.05, 0.1) is 6.54 Å². The van der Waals surface area contributed by atoms with Crippen molar-refractivity contribution in [2.75, 3.05) is 39.3 Å². The average molecular weight is 299 g/mol. The van der Waals surface area contributed by atoms with Crippen LogP contribution in [0.25, 0.3) is 0 Å². The van der Waals surface area contributed by atoms with Gasteiger partial charge in [-0.3, -0.25) is 14.5 Å². The lowest BCUT2D eigenvalue weighted by Gasteiger charge is -2.21. The van der Waals surface area contributed by atoms with Crippen LogP contribution in [-0.4, -0.2) is 61.2 Å². The molecule has 1 aliphatic heterocycles. The molecule has 0 aromatic carbocycles. The van der Waals surface area contributed by atoms with Crippen molar-refractivity contribution in [2.45, 2.75) is 33.1 Å². The Balaban J connectivity index is 2.32. The normalized spacial score (nSPS) is 18.2. The summed E-state index contributed by atoms with van der Waals surface area (Å²) in [7, 11) is 0. The summed E-state index contributed by atoms with van der Waals surface area (Å²) >= 11 is 0. The summed E-state index contributed by atoms with van der Waals surface area (Å²) in [5.41, 5.74) is 0. The number of aliphatic carboxylic acids is 1. The Labute approximate surface area is 127 Å². The lowest BCUT2D eigenvalue weighted by atomic mass is 9.94. The quantitative estimate of drug-likeness (QED) is 0.609. The fourth-order valence-corrected chi connectivity index (χ4v) is 2.73. The van der Waals surface area contributed by atoms with Gasteiger partial charge in [-0.1, -0.05) is 13.8 Å². The Kier molecular flexibility index (Phi) is 8.30. The highest BCUT2D eigenvalue weighted by Gasteiger charge is 2.17. The molecule has 0 saturated carbocycles. The van der Waals surface area contributed by atoms with E-state index in [-0.39, 0.29) is 18.2 Å². The predicted molar refractivity (Wildman–Crippen MR) is 82.1 cm³/mol. The topological polar surface area (TPSA) is 81.7 Å². The monoisotopic (exact) mass is 299 g/mol. The number of nitrogens with zero attached hydrogens (tertiary/aromatic N) is 1. The molecule has 0 radical (unpaired) electrons. The third kappa shape index (κ3) is 8.67. The maximum absolute atomic E-state index is 12.0. The second kappa shape index (κ2) is 9.73. The van der Waals surface area contributed by atoms with Crippen LogP contribution in [0.15, 0.2) is 0 Å². The third-order valence-electron chi connectivity index (χ3n) is 3.66. The molecule has 0 spiro atoms. The smallest absolute Gasteiger partial charge is 0.303 e. The minimum atomic E-state index is -0.798. The van der Waals surface area contributed by atoms with Crippen molar-refractivity contribution < 1.29 is 14.7 Å². The first kappa shape index (κ1) is 17.9. The molecule has 1 amide bonds. The molecule has 0 aliphatic carbocycles. The fraction of sp³-hybridized carbons (Fsp3) is 0.867. The molecular formula is C15H29N3O3. The van der Waals surface area contributed by atoms with Crippen molar-refractivity contribution in [2.24, 2.45) is 11.8 Å². The van der Waals surface area contributed by atoms with Gasteiger partial charge < -0.3 is 15.7 Å². The van der Waals surface area contributed by atoms with Crippen LogP contribution in [0.5, 0.6) is 0 Å². The number of nitrogens with one attached hydrogen (secondary N) is 2. The molecule has 1 unspecified atom stereocenters. The first-order valence-corrected chi connectivity index (χ1v) is 7.89. The van der Waals surface area contributed by atoms with Gasteiger partial charge >= 0.3 is 5.97 Å². The summed E-state index contributed by atoms with van der Waals surface area (Å²) in [5.74, 6) is -0.357. The molecule has 21 heavy (non-hydrogen) atoms. The molecule has 1 atom stereocenters. The van der Waals surface area contributed by atoms with E-state index in [4.69, 9.17) is 5.11 Å². The van der Waals surface area contributed by atoms with Gasteiger partial charge in [-0.2, -0.15) is 0 Å². The first-order valence-electron chi connectivity index (χ1n) is 7.89. The number of hydrogen-bond acceptors (Lipinski definition) is 4. The molecule has 1 heterocycles. The molecule has 1 saturated heterocycles. The van der Waals surface area contributed by atoms with Gasteiger partial charge in [-0.05, 0) is 37.8 Å². The Bertz CT molecular complexity index is 326. The minimum absolute atomic E-state index is 0.00366. The van der Waals surface area contributed by atoms with E-state index in [1.165, 1.54) is 0 Å². The van der Waals surface area contributed by atoms with E-state index < -0.39 is 5.97 Å². The molecule has 1 rings (SSSR count). The zero-order valence-corrected chi connectivity index (χ0v) is 13.2. The Morgan fingerprint density at radius 2 is 2.05 bits per heavy atom. The van der Waals surface area contributed by atoms with E-state index in [0.29, 0.717) is 19.0 Å². The highest BCUT2D eigenvalue weighted by molar-refractivity contribution is 5.78. The van der Waals surface area contributed by atoms with E-state index in [2.05, 4.69) is 29.4 Å². The Morgan fingerprint density at radius 1 is 1.29 bits per heavy atom. The van der Waals surface area contributed by atoms with Gasteiger partial charge in [-0.15, -0.1) is 0 Å². The lowest BCUT2D eigenvalue weighted by molar-refractivity contribution is -0.138. The SMILES string of the molecule is CC(C)CC(CNC(=O)CN1CCCNCC1)CC(=O)O. The largest absolute Gasteiger partial charge is 0.481 e. The van der Waals surface area contributed by atoms with E-state index in [0.717, 1.165) is 39.0 Å². The van der Waals surface area contributed by atoms with Gasteiger partial charge in [0.15, 0.2) is 0 Å². The molecule has 0 aromatic rings. The highest BCUT2D eigenvalue weighted by atomic mass is 16.4. The van der Waals surface area contributed by atoms with Gasteiger partial charge in [0, 0.05) is 26.1 Å². The Hall–Kier alpha value is -1.14.